The number of nitrogens with zero attached hydrogens (tertiary/aromatic N) is 1. The number of hydrogen-bond donors (Lipinski definition) is 0. The summed E-state index contributed by atoms with van der Waals surface area (Å²) in [6, 6.07) is 0. The van der Waals surface area contributed by atoms with Gasteiger partial charge in [0.25, 0.3) is 0 Å². The van der Waals surface area contributed by atoms with Gasteiger partial charge in [0.1, 0.15) is 0 Å². The molecular weight excluding hydrogens is 186 g/mol. The summed E-state index contributed by atoms with van der Waals surface area (Å²) in [6.07, 6.45) is 1.94. The highest BCUT2D eigenvalue weighted by Crippen LogP contribution is 2.27. The zero-order valence-corrected chi connectivity index (χ0v) is 11.3. The number of hydrogen-bond acceptors (Lipinski definition) is 1. The summed E-state index contributed by atoms with van der Waals surface area (Å²) in [4.78, 5) is 14.1. The van der Waals surface area contributed by atoms with Gasteiger partial charge >= 0.3 is 0 Å². The van der Waals surface area contributed by atoms with Crippen LogP contribution >= 0.6 is 0 Å². The lowest BCUT2D eigenvalue weighted by atomic mass is 9.83. The molecule has 2 nitrogen and oxygen atoms in total. The maximum absolute atomic E-state index is 12.1. The van der Waals surface area contributed by atoms with Crippen molar-refractivity contribution in [3.05, 3.63) is 0 Å². The topological polar surface area (TPSA) is 20.3 Å². The smallest absolute Gasteiger partial charge is 0.225 e. The highest BCUT2D eigenvalue weighted by Gasteiger charge is 2.25. The Bertz CT molecular complexity index is 189. The summed E-state index contributed by atoms with van der Waals surface area (Å²) in [5.41, 5.74) is 0.240. The van der Waals surface area contributed by atoms with Crippen LogP contribution in [-0.4, -0.2) is 23.9 Å². The van der Waals surface area contributed by atoms with Gasteiger partial charge in [-0.2, -0.15) is 0 Å². The molecule has 0 bridgehead atoms. The minimum absolute atomic E-state index is 0.199. The van der Waals surface area contributed by atoms with Crippen molar-refractivity contribution in [3.8, 4) is 0 Å². The Kier molecular flexibility index (Phi) is 5.92. The predicted molar refractivity (Wildman–Crippen MR) is 65.8 cm³/mol. The maximum atomic E-state index is 12.1. The van der Waals surface area contributed by atoms with Crippen LogP contribution in [-0.2, 0) is 4.79 Å². The Morgan fingerprint density at radius 2 is 1.60 bits per heavy atom. The normalized spacial score (nSPS) is 13.7. The van der Waals surface area contributed by atoms with Crippen molar-refractivity contribution >= 4 is 5.91 Å². The summed E-state index contributed by atoms with van der Waals surface area (Å²) < 4.78 is 0. The Hall–Kier alpha value is -0.530. The molecule has 1 atom stereocenters. The van der Waals surface area contributed by atoms with Gasteiger partial charge in [-0.3, -0.25) is 4.79 Å². The van der Waals surface area contributed by atoms with E-state index in [2.05, 4.69) is 27.7 Å². The van der Waals surface area contributed by atoms with Crippen LogP contribution in [0, 0.1) is 11.3 Å². The Morgan fingerprint density at radius 1 is 1.13 bits per heavy atom. The second-order valence-corrected chi connectivity index (χ2v) is 5.38. The molecule has 90 valence electrons. The molecule has 0 aromatic carbocycles. The third kappa shape index (κ3) is 5.19. The van der Waals surface area contributed by atoms with Crippen LogP contribution < -0.4 is 0 Å². The van der Waals surface area contributed by atoms with Crippen LogP contribution in [0.5, 0.6) is 0 Å². The summed E-state index contributed by atoms with van der Waals surface area (Å²) in [5.74, 6) is 0.530. The zero-order chi connectivity index (χ0) is 12.1. The first-order valence-electron chi connectivity index (χ1n) is 6.14. The van der Waals surface area contributed by atoms with E-state index in [-0.39, 0.29) is 11.3 Å². The molecular formula is C13H27NO. The van der Waals surface area contributed by atoms with Crippen LogP contribution in [0.15, 0.2) is 0 Å². The first-order valence-corrected chi connectivity index (χ1v) is 6.14. The van der Waals surface area contributed by atoms with E-state index in [1.807, 2.05) is 18.7 Å². The molecule has 0 radical (unpaired) electrons. The largest absolute Gasteiger partial charge is 0.343 e. The van der Waals surface area contributed by atoms with E-state index in [9.17, 15) is 4.79 Å². The quantitative estimate of drug-likeness (QED) is 0.686. The third-order valence-corrected chi connectivity index (χ3v) is 2.78. The molecule has 0 aromatic heterocycles. The molecule has 0 heterocycles. The fourth-order valence-electron chi connectivity index (χ4n) is 1.94. The van der Waals surface area contributed by atoms with E-state index in [1.54, 1.807) is 0 Å². The van der Waals surface area contributed by atoms with Crippen molar-refractivity contribution in [2.45, 2.75) is 54.4 Å². The summed E-state index contributed by atoms with van der Waals surface area (Å²) in [7, 11) is 0. The number of rotatable bonds is 5. The summed E-state index contributed by atoms with van der Waals surface area (Å²) >= 11 is 0. The fourth-order valence-corrected chi connectivity index (χ4v) is 1.94. The van der Waals surface area contributed by atoms with E-state index >= 15 is 0 Å². The monoisotopic (exact) mass is 213 g/mol. The molecule has 15 heavy (non-hydrogen) atoms. The molecule has 0 spiro atoms. The molecule has 1 amide bonds. The Morgan fingerprint density at radius 3 is 1.87 bits per heavy atom. The van der Waals surface area contributed by atoms with Gasteiger partial charge in [0.15, 0.2) is 0 Å². The fraction of sp³-hybridized carbons (Fsp3) is 0.923. The highest BCUT2D eigenvalue weighted by molar-refractivity contribution is 5.78. The predicted octanol–water partition coefficient (Wildman–Crippen LogP) is 3.32. The molecule has 0 saturated heterocycles. The first kappa shape index (κ1) is 14.5. The minimum Gasteiger partial charge on any atom is -0.343 e. The standard InChI is InChI=1S/C13H27NO/c1-7-11(10-13(4,5)6)12(15)14(8-2)9-3/h11H,7-10H2,1-6H3. The molecule has 0 aliphatic heterocycles. The van der Waals surface area contributed by atoms with Gasteiger partial charge in [-0.15, -0.1) is 0 Å². The second-order valence-electron chi connectivity index (χ2n) is 5.38. The molecule has 1 unspecified atom stereocenters. The van der Waals surface area contributed by atoms with Gasteiger partial charge in [0.2, 0.25) is 5.91 Å². The number of carbonyl (C=O) groups is 1. The van der Waals surface area contributed by atoms with Crippen LogP contribution in [0.2, 0.25) is 0 Å². The van der Waals surface area contributed by atoms with Crippen LogP contribution in [0.4, 0.5) is 0 Å². The van der Waals surface area contributed by atoms with Crippen molar-refractivity contribution in [1.29, 1.82) is 0 Å². The molecule has 2 heteroatoms. The average Bonchev–Trinajstić information content (AvgIpc) is 2.14. The molecule has 0 aromatic rings. The first-order chi connectivity index (χ1) is 6.85. The van der Waals surface area contributed by atoms with Crippen LogP contribution in [0.25, 0.3) is 0 Å². The van der Waals surface area contributed by atoms with Gasteiger partial charge < -0.3 is 4.90 Å². The number of amides is 1. The number of carbonyl (C=O) groups excluding carboxylic acids is 1. The third-order valence-electron chi connectivity index (χ3n) is 2.78. The van der Waals surface area contributed by atoms with Crippen molar-refractivity contribution in [2.24, 2.45) is 11.3 Å². The molecule has 0 saturated carbocycles. The minimum atomic E-state index is 0.199. The molecule has 0 N–H and O–H groups in total. The van der Waals surface area contributed by atoms with Crippen molar-refractivity contribution in [2.75, 3.05) is 13.1 Å². The lowest BCUT2D eigenvalue weighted by Gasteiger charge is -2.29. The Labute approximate surface area is 95.0 Å². The van der Waals surface area contributed by atoms with Gasteiger partial charge in [-0.25, -0.2) is 0 Å². The lowest BCUT2D eigenvalue weighted by molar-refractivity contribution is -0.136. The lowest BCUT2D eigenvalue weighted by Crippen LogP contribution is -2.37. The van der Waals surface area contributed by atoms with Gasteiger partial charge in [-0.05, 0) is 32.1 Å². The molecule has 0 rings (SSSR count). The van der Waals surface area contributed by atoms with E-state index in [4.69, 9.17) is 0 Å². The van der Waals surface area contributed by atoms with Crippen molar-refractivity contribution < 1.29 is 4.79 Å². The molecule has 0 aliphatic rings. The van der Waals surface area contributed by atoms with E-state index in [1.165, 1.54) is 0 Å². The highest BCUT2D eigenvalue weighted by atomic mass is 16.2. The summed E-state index contributed by atoms with van der Waals surface area (Å²) in [5, 5.41) is 0. The molecule has 0 fully saturated rings. The molecule has 0 aliphatic carbocycles. The van der Waals surface area contributed by atoms with Gasteiger partial charge in [0, 0.05) is 19.0 Å². The maximum Gasteiger partial charge on any atom is 0.225 e. The van der Waals surface area contributed by atoms with E-state index in [0.717, 1.165) is 25.9 Å². The van der Waals surface area contributed by atoms with Crippen LogP contribution in [0.1, 0.15) is 54.4 Å². The second kappa shape index (κ2) is 6.14. The van der Waals surface area contributed by atoms with E-state index in [0.29, 0.717) is 5.91 Å². The van der Waals surface area contributed by atoms with Gasteiger partial charge in [-0.1, -0.05) is 27.7 Å². The van der Waals surface area contributed by atoms with Crippen LogP contribution in [0.3, 0.4) is 0 Å². The SMILES string of the molecule is CCC(CC(C)(C)C)C(=O)N(CC)CC. The zero-order valence-electron chi connectivity index (χ0n) is 11.3. The van der Waals surface area contributed by atoms with Crippen molar-refractivity contribution in [3.63, 3.8) is 0 Å². The van der Waals surface area contributed by atoms with Gasteiger partial charge in [0.05, 0.1) is 0 Å². The Balaban J connectivity index is 4.46. The van der Waals surface area contributed by atoms with Crippen molar-refractivity contribution in [1.82, 2.24) is 4.90 Å². The summed E-state index contributed by atoms with van der Waals surface area (Å²) in [6.45, 7) is 14.5. The van der Waals surface area contributed by atoms with E-state index < -0.39 is 0 Å². The average molecular weight is 213 g/mol.